The van der Waals surface area contributed by atoms with Crippen LogP contribution in [0.3, 0.4) is 0 Å². The van der Waals surface area contributed by atoms with Crippen molar-refractivity contribution < 1.29 is 10.2 Å². The second-order valence-electron chi connectivity index (χ2n) is 3.93. The fourth-order valence-electron chi connectivity index (χ4n) is 1.91. The van der Waals surface area contributed by atoms with Crippen molar-refractivity contribution >= 4 is 27.3 Å². The molecule has 17 heavy (non-hydrogen) atoms. The smallest absolute Gasteiger partial charge is 0.0702 e. The van der Waals surface area contributed by atoms with E-state index in [4.69, 9.17) is 15.9 Å². The van der Waals surface area contributed by atoms with Crippen LogP contribution in [0.4, 0.5) is 0 Å². The lowest BCUT2D eigenvalue weighted by Crippen LogP contribution is -2.42. The molecule has 0 aliphatic heterocycles. The van der Waals surface area contributed by atoms with E-state index in [0.29, 0.717) is 13.1 Å². The van der Waals surface area contributed by atoms with E-state index in [-0.39, 0.29) is 25.3 Å². The molecule has 0 radical (unpaired) electrons. The van der Waals surface area contributed by atoms with Crippen molar-refractivity contribution in [1.82, 2.24) is 4.90 Å². The third-order valence-corrected chi connectivity index (χ3v) is 4.25. The van der Waals surface area contributed by atoms with Gasteiger partial charge in [0.2, 0.25) is 0 Å². The molecule has 0 spiro atoms. The van der Waals surface area contributed by atoms with Gasteiger partial charge in [0.25, 0.3) is 0 Å². The standard InChI is InChI=1S/C11H19BrN2O2S/c1-8(13)11(9-2-3-10(12)17-9)14(4-6-15)5-7-16/h2-3,8,11,15-16H,4-7,13H2,1H3. The van der Waals surface area contributed by atoms with Gasteiger partial charge in [-0.3, -0.25) is 4.90 Å². The van der Waals surface area contributed by atoms with Crippen LogP contribution in [0.2, 0.25) is 0 Å². The minimum Gasteiger partial charge on any atom is -0.395 e. The van der Waals surface area contributed by atoms with E-state index >= 15 is 0 Å². The Balaban J connectivity index is 2.89. The normalized spacial score (nSPS) is 15.2. The number of nitrogens with two attached hydrogens (primary N) is 1. The number of aliphatic hydroxyl groups is 2. The summed E-state index contributed by atoms with van der Waals surface area (Å²) in [5.41, 5.74) is 6.03. The van der Waals surface area contributed by atoms with Crippen LogP contribution < -0.4 is 5.73 Å². The van der Waals surface area contributed by atoms with E-state index in [1.54, 1.807) is 11.3 Å². The number of hydrogen-bond acceptors (Lipinski definition) is 5. The first-order chi connectivity index (χ1) is 8.10. The average Bonchev–Trinajstić information content (AvgIpc) is 2.65. The van der Waals surface area contributed by atoms with Crippen molar-refractivity contribution in [2.24, 2.45) is 5.73 Å². The summed E-state index contributed by atoms with van der Waals surface area (Å²) in [6, 6.07) is 4.00. The lowest BCUT2D eigenvalue weighted by Gasteiger charge is -2.32. The van der Waals surface area contributed by atoms with Gasteiger partial charge in [0.1, 0.15) is 0 Å². The molecule has 0 amide bonds. The maximum Gasteiger partial charge on any atom is 0.0702 e. The first-order valence-electron chi connectivity index (χ1n) is 5.56. The summed E-state index contributed by atoms with van der Waals surface area (Å²) in [5, 5.41) is 18.2. The van der Waals surface area contributed by atoms with Gasteiger partial charge in [-0.1, -0.05) is 0 Å². The molecule has 2 unspecified atom stereocenters. The average molecular weight is 323 g/mol. The van der Waals surface area contributed by atoms with Gasteiger partial charge in [-0.15, -0.1) is 11.3 Å². The van der Waals surface area contributed by atoms with Gasteiger partial charge < -0.3 is 15.9 Å². The fourth-order valence-corrected chi connectivity index (χ4v) is 3.58. The van der Waals surface area contributed by atoms with Gasteiger partial charge >= 0.3 is 0 Å². The van der Waals surface area contributed by atoms with Gasteiger partial charge in [0, 0.05) is 24.0 Å². The van der Waals surface area contributed by atoms with E-state index in [0.717, 1.165) is 8.66 Å². The van der Waals surface area contributed by atoms with Crippen LogP contribution in [0.1, 0.15) is 17.8 Å². The molecule has 0 fully saturated rings. The second kappa shape index (κ2) is 7.45. The molecule has 1 aromatic heterocycles. The van der Waals surface area contributed by atoms with Gasteiger partial charge in [-0.25, -0.2) is 0 Å². The zero-order chi connectivity index (χ0) is 12.8. The maximum atomic E-state index is 9.08. The highest BCUT2D eigenvalue weighted by molar-refractivity contribution is 9.11. The van der Waals surface area contributed by atoms with Crippen molar-refractivity contribution in [3.05, 3.63) is 20.8 Å². The number of thiophene rings is 1. The van der Waals surface area contributed by atoms with Crippen molar-refractivity contribution in [2.45, 2.75) is 19.0 Å². The minimum absolute atomic E-state index is 0.0330. The Hall–Kier alpha value is 0.0200. The van der Waals surface area contributed by atoms with Crippen LogP contribution in [0.25, 0.3) is 0 Å². The monoisotopic (exact) mass is 322 g/mol. The zero-order valence-corrected chi connectivity index (χ0v) is 12.2. The van der Waals surface area contributed by atoms with Crippen LogP contribution in [0.5, 0.6) is 0 Å². The minimum atomic E-state index is -0.0568. The summed E-state index contributed by atoms with van der Waals surface area (Å²) >= 11 is 5.07. The molecule has 0 saturated heterocycles. The van der Waals surface area contributed by atoms with Crippen LogP contribution in [0.15, 0.2) is 15.9 Å². The Morgan fingerprint density at radius 1 is 1.35 bits per heavy atom. The van der Waals surface area contributed by atoms with Gasteiger partial charge in [-0.2, -0.15) is 0 Å². The Kier molecular flexibility index (Phi) is 6.61. The third-order valence-electron chi connectivity index (χ3n) is 2.55. The molecule has 2 atom stereocenters. The lowest BCUT2D eigenvalue weighted by atomic mass is 10.1. The molecule has 0 bridgehead atoms. The van der Waals surface area contributed by atoms with E-state index < -0.39 is 0 Å². The largest absolute Gasteiger partial charge is 0.395 e. The fraction of sp³-hybridized carbons (Fsp3) is 0.636. The maximum absolute atomic E-state index is 9.08. The molecule has 1 heterocycles. The molecule has 4 nitrogen and oxygen atoms in total. The zero-order valence-electron chi connectivity index (χ0n) is 9.84. The molecular weight excluding hydrogens is 304 g/mol. The highest BCUT2D eigenvalue weighted by atomic mass is 79.9. The predicted molar refractivity (Wildman–Crippen MR) is 74.2 cm³/mol. The SMILES string of the molecule is CC(N)C(c1ccc(Br)s1)N(CCO)CCO. The first-order valence-corrected chi connectivity index (χ1v) is 7.17. The Morgan fingerprint density at radius 3 is 2.29 bits per heavy atom. The highest BCUT2D eigenvalue weighted by Gasteiger charge is 2.24. The second-order valence-corrected chi connectivity index (χ2v) is 6.42. The number of nitrogens with zero attached hydrogens (tertiary/aromatic N) is 1. The van der Waals surface area contributed by atoms with E-state index in [1.807, 2.05) is 24.0 Å². The number of halogens is 1. The third kappa shape index (κ3) is 4.31. The van der Waals surface area contributed by atoms with E-state index in [1.165, 1.54) is 0 Å². The van der Waals surface area contributed by atoms with Gasteiger partial charge in [-0.05, 0) is 35.0 Å². The summed E-state index contributed by atoms with van der Waals surface area (Å²) < 4.78 is 1.06. The quantitative estimate of drug-likeness (QED) is 0.705. The van der Waals surface area contributed by atoms with Crippen molar-refractivity contribution in [2.75, 3.05) is 26.3 Å². The molecule has 0 aromatic carbocycles. The van der Waals surface area contributed by atoms with E-state index in [2.05, 4.69) is 15.9 Å². The van der Waals surface area contributed by atoms with E-state index in [9.17, 15) is 0 Å². The number of aliphatic hydroxyl groups excluding tert-OH is 2. The number of rotatable bonds is 7. The van der Waals surface area contributed by atoms with Crippen molar-refractivity contribution in [3.8, 4) is 0 Å². The Morgan fingerprint density at radius 2 is 1.94 bits per heavy atom. The summed E-state index contributed by atoms with van der Waals surface area (Å²) in [5.74, 6) is 0. The summed E-state index contributed by atoms with van der Waals surface area (Å²) in [4.78, 5) is 3.16. The van der Waals surface area contributed by atoms with Gasteiger partial charge in [0.15, 0.2) is 0 Å². The summed E-state index contributed by atoms with van der Waals surface area (Å²) in [7, 11) is 0. The Bertz CT molecular complexity index is 327. The van der Waals surface area contributed by atoms with Gasteiger partial charge in [0.05, 0.1) is 23.0 Å². The molecule has 98 valence electrons. The van der Waals surface area contributed by atoms with Crippen LogP contribution in [0, 0.1) is 0 Å². The van der Waals surface area contributed by atoms with Crippen LogP contribution in [-0.4, -0.2) is 47.5 Å². The first kappa shape index (κ1) is 15.1. The molecule has 6 heteroatoms. The van der Waals surface area contributed by atoms with Crippen LogP contribution in [-0.2, 0) is 0 Å². The molecule has 1 rings (SSSR count). The van der Waals surface area contributed by atoms with Crippen molar-refractivity contribution in [3.63, 3.8) is 0 Å². The molecular formula is C11H19BrN2O2S. The summed E-state index contributed by atoms with van der Waals surface area (Å²) in [6.07, 6.45) is 0. The highest BCUT2D eigenvalue weighted by Crippen LogP contribution is 2.32. The molecule has 0 aliphatic rings. The Labute approximate surface area is 114 Å². The van der Waals surface area contributed by atoms with Crippen LogP contribution >= 0.6 is 27.3 Å². The number of hydrogen-bond donors (Lipinski definition) is 3. The predicted octanol–water partition coefficient (Wildman–Crippen LogP) is 1.19. The summed E-state index contributed by atoms with van der Waals surface area (Å²) in [6.45, 7) is 3.11. The van der Waals surface area contributed by atoms with Crippen molar-refractivity contribution in [1.29, 1.82) is 0 Å². The molecule has 0 saturated carbocycles. The molecule has 4 N–H and O–H groups in total. The lowest BCUT2D eigenvalue weighted by molar-refractivity contribution is 0.113. The molecule has 0 aliphatic carbocycles. The molecule has 1 aromatic rings. The topological polar surface area (TPSA) is 69.7 Å².